The van der Waals surface area contributed by atoms with Gasteiger partial charge in [-0.2, -0.15) is 0 Å². The average molecular weight is 478 g/mol. The molecule has 1 N–H and O–H groups in total. The molecular weight excluding hydrogens is 450 g/mol. The number of anilines is 1. The maximum Gasteiger partial charge on any atom is 0.265 e. The normalized spacial score (nSPS) is 18.5. The van der Waals surface area contributed by atoms with Crippen molar-refractivity contribution >= 4 is 28.8 Å². The van der Waals surface area contributed by atoms with Gasteiger partial charge in [0, 0.05) is 18.0 Å². The molecule has 2 unspecified atom stereocenters. The zero-order chi connectivity index (χ0) is 23.3. The first kappa shape index (κ1) is 22.4. The van der Waals surface area contributed by atoms with Gasteiger partial charge in [0.2, 0.25) is 5.91 Å². The Morgan fingerprint density at radius 3 is 2.53 bits per heavy atom. The Bertz CT molecular complexity index is 1120. The second-order valence-corrected chi connectivity index (χ2v) is 9.30. The number of para-hydroxylation sites is 2. The Balaban J connectivity index is 1.33. The minimum absolute atomic E-state index is 0.0658. The first-order chi connectivity index (χ1) is 16.7. The maximum absolute atomic E-state index is 13.3. The first-order valence-corrected chi connectivity index (χ1v) is 12.3. The minimum atomic E-state index is -0.664. The van der Waals surface area contributed by atoms with Crippen molar-refractivity contribution < 1.29 is 19.1 Å². The van der Waals surface area contributed by atoms with Crippen molar-refractivity contribution in [2.75, 3.05) is 44.3 Å². The minimum Gasteiger partial charge on any atom is -0.477 e. The number of morpholine rings is 1. The summed E-state index contributed by atoms with van der Waals surface area (Å²) in [5.74, 6) is 0.437. The number of hydrogen-bond donors (Lipinski definition) is 1. The fraction of sp³-hybridized carbons (Fsp3) is 0.308. The maximum atomic E-state index is 13.3. The van der Waals surface area contributed by atoms with E-state index >= 15 is 0 Å². The molecule has 0 bridgehead atoms. The molecule has 0 spiro atoms. The Hall–Kier alpha value is -3.36. The van der Waals surface area contributed by atoms with Crippen LogP contribution >= 0.6 is 11.3 Å². The summed E-state index contributed by atoms with van der Waals surface area (Å²) in [6, 6.07) is 21.3. The summed E-state index contributed by atoms with van der Waals surface area (Å²) in [6.45, 7) is 2.62. The number of thiophene rings is 1. The van der Waals surface area contributed by atoms with Crippen LogP contribution in [0.5, 0.6) is 5.75 Å². The standard InChI is InChI=1S/C26H27N3O4S/c30-24(27-25(23-11-6-16-34-23)19-7-2-1-3-8-19)18-29-17-22(26(31)28-12-14-32-15-13-28)33-21-10-5-4-9-20(21)29/h1-11,16,22,25H,12-15,17-18H2,(H,27,30). The van der Waals surface area contributed by atoms with Crippen molar-refractivity contribution in [2.24, 2.45) is 0 Å². The van der Waals surface area contributed by atoms with Gasteiger partial charge >= 0.3 is 0 Å². The fourth-order valence-electron chi connectivity index (χ4n) is 4.37. The van der Waals surface area contributed by atoms with Gasteiger partial charge in [0.05, 0.1) is 38.0 Å². The number of nitrogens with one attached hydrogen (secondary N) is 1. The van der Waals surface area contributed by atoms with E-state index in [1.165, 1.54) is 0 Å². The van der Waals surface area contributed by atoms with E-state index < -0.39 is 6.10 Å². The highest BCUT2D eigenvalue weighted by molar-refractivity contribution is 7.10. The molecule has 1 aromatic heterocycles. The summed E-state index contributed by atoms with van der Waals surface area (Å²) < 4.78 is 11.4. The Morgan fingerprint density at radius 1 is 1.00 bits per heavy atom. The van der Waals surface area contributed by atoms with Crippen LogP contribution < -0.4 is 15.0 Å². The zero-order valence-corrected chi connectivity index (χ0v) is 19.6. The number of fused-ring (bicyclic) bond motifs is 1. The van der Waals surface area contributed by atoms with Crippen LogP contribution in [0.1, 0.15) is 16.5 Å². The van der Waals surface area contributed by atoms with Crippen LogP contribution in [0.25, 0.3) is 0 Å². The molecule has 2 amide bonds. The molecule has 176 valence electrons. The molecule has 7 nitrogen and oxygen atoms in total. The lowest BCUT2D eigenvalue weighted by Crippen LogP contribution is -2.54. The average Bonchev–Trinajstić information content (AvgIpc) is 3.42. The zero-order valence-electron chi connectivity index (χ0n) is 18.8. The molecule has 34 heavy (non-hydrogen) atoms. The molecule has 3 heterocycles. The van der Waals surface area contributed by atoms with E-state index in [-0.39, 0.29) is 24.4 Å². The smallest absolute Gasteiger partial charge is 0.265 e. The van der Waals surface area contributed by atoms with Gasteiger partial charge in [0.25, 0.3) is 5.91 Å². The Morgan fingerprint density at radius 2 is 1.76 bits per heavy atom. The molecule has 2 aliphatic heterocycles. The third-order valence-corrected chi connectivity index (χ3v) is 7.00. The second-order valence-electron chi connectivity index (χ2n) is 8.32. The SMILES string of the molecule is O=C(CN1CC(C(=O)N2CCOCC2)Oc2ccccc21)NC(c1ccccc1)c1cccs1. The number of rotatable bonds is 6. The number of hydrogen-bond acceptors (Lipinski definition) is 6. The van der Waals surface area contributed by atoms with Crippen LogP contribution in [0, 0.1) is 0 Å². The predicted octanol–water partition coefficient (Wildman–Crippen LogP) is 3.08. The van der Waals surface area contributed by atoms with E-state index in [0.717, 1.165) is 16.1 Å². The van der Waals surface area contributed by atoms with Crippen molar-refractivity contribution in [3.8, 4) is 5.75 Å². The largest absolute Gasteiger partial charge is 0.477 e. The van der Waals surface area contributed by atoms with Crippen molar-refractivity contribution in [2.45, 2.75) is 12.1 Å². The van der Waals surface area contributed by atoms with Crippen molar-refractivity contribution in [3.63, 3.8) is 0 Å². The number of carbonyl (C=O) groups excluding carboxylic acids is 2. The van der Waals surface area contributed by atoms with Crippen LogP contribution in [-0.2, 0) is 14.3 Å². The topological polar surface area (TPSA) is 71.1 Å². The van der Waals surface area contributed by atoms with Gasteiger partial charge in [-0.05, 0) is 29.1 Å². The van der Waals surface area contributed by atoms with Gasteiger partial charge in [-0.1, -0.05) is 48.5 Å². The van der Waals surface area contributed by atoms with E-state index in [0.29, 0.717) is 38.6 Å². The summed E-state index contributed by atoms with van der Waals surface area (Å²) in [5.41, 5.74) is 1.84. The predicted molar refractivity (Wildman–Crippen MR) is 131 cm³/mol. The van der Waals surface area contributed by atoms with Crippen LogP contribution in [0.4, 0.5) is 5.69 Å². The van der Waals surface area contributed by atoms with Gasteiger partial charge in [0.15, 0.2) is 6.10 Å². The van der Waals surface area contributed by atoms with Crippen LogP contribution in [0.2, 0.25) is 0 Å². The van der Waals surface area contributed by atoms with Crippen LogP contribution in [0.15, 0.2) is 72.1 Å². The van der Waals surface area contributed by atoms with Crippen LogP contribution in [-0.4, -0.2) is 62.2 Å². The van der Waals surface area contributed by atoms with Crippen LogP contribution in [0.3, 0.4) is 0 Å². The molecule has 2 aliphatic rings. The molecule has 2 atom stereocenters. The van der Waals surface area contributed by atoms with Gasteiger partial charge < -0.3 is 24.6 Å². The van der Waals surface area contributed by atoms with E-state index in [9.17, 15) is 9.59 Å². The number of carbonyl (C=O) groups is 2. The third kappa shape index (κ3) is 4.93. The molecule has 1 saturated heterocycles. The molecule has 1 fully saturated rings. The second kappa shape index (κ2) is 10.3. The van der Waals surface area contributed by atoms with E-state index in [2.05, 4.69) is 5.32 Å². The lowest BCUT2D eigenvalue weighted by molar-refractivity contribution is -0.142. The molecule has 2 aromatic carbocycles. The number of amides is 2. The molecule has 0 aliphatic carbocycles. The Kier molecular flexibility index (Phi) is 6.78. The summed E-state index contributed by atoms with van der Waals surface area (Å²) in [7, 11) is 0. The molecule has 8 heteroatoms. The number of ether oxygens (including phenoxy) is 2. The van der Waals surface area contributed by atoms with E-state index in [1.807, 2.05) is 77.0 Å². The molecule has 5 rings (SSSR count). The van der Waals surface area contributed by atoms with Gasteiger partial charge in [0.1, 0.15) is 5.75 Å². The summed E-state index contributed by atoms with van der Waals surface area (Å²) in [6.07, 6.45) is -0.664. The molecule has 0 radical (unpaired) electrons. The van der Waals surface area contributed by atoms with Crippen molar-refractivity contribution in [1.82, 2.24) is 10.2 Å². The first-order valence-electron chi connectivity index (χ1n) is 11.4. The van der Waals surface area contributed by atoms with Crippen molar-refractivity contribution in [3.05, 3.63) is 82.6 Å². The lowest BCUT2D eigenvalue weighted by atomic mass is 10.1. The number of benzene rings is 2. The third-order valence-electron chi connectivity index (χ3n) is 6.06. The molecular formula is C26H27N3O4S. The summed E-state index contributed by atoms with van der Waals surface area (Å²) >= 11 is 1.61. The Labute approximate surface area is 202 Å². The van der Waals surface area contributed by atoms with E-state index in [4.69, 9.17) is 9.47 Å². The van der Waals surface area contributed by atoms with Gasteiger partial charge in [-0.25, -0.2) is 0 Å². The summed E-state index contributed by atoms with van der Waals surface area (Å²) in [5, 5.41) is 5.21. The highest BCUT2D eigenvalue weighted by Crippen LogP contribution is 2.33. The van der Waals surface area contributed by atoms with Gasteiger partial charge in [-0.15, -0.1) is 11.3 Å². The fourth-order valence-corrected chi connectivity index (χ4v) is 5.17. The highest BCUT2D eigenvalue weighted by atomic mass is 32.1. The molecule has 3 aromatic rings. The monoisotopic (exact) mass is 477 g/mol. The van der Waals surface area contributed by atoms with E-state index in [1.54, 1.807) is 16.2 Å². The molecule has 0 saturated carbocycles. The highest BCUT2D eigenvalue weighted by Gasteiger charge is 2.35. The van der Waals surface area contributed by atoms with Crippen molar-refractivity contribution in [1.29, 1.82) is 0 Å². The quantitative estimate of drug-likeness (QED) is 0.591. The lowest BCUT2D eigenvalue weighted by Gasteiger charge is -2.38. The number of nitrogens with zero attached hydrogens (tertiary/aromatic N) is 2. The van der Waals surface area contributed by atoms with Gasteiger partial charge in [-0.3, -0.25) is 9.59 Å². The summed E-state index contributed by atoms with van der Waals surface area (Å²) in [4.78, 5) is 31.2.